The number of benzene rings is 2. The average molecular weight is 474 g/mol. The topological polar surface area (TPSA) is 95.6 Å². The molecule has 3 heterocycles. The molecule has 0 unspecified atom stereocenters. The van der Waals surface area contributed by atoms with Crippen LogP contribution in [0.5, 0.6) is 0 Å². The van der Waals surface area contributed by atoms with Crippen molar-refractivity contribution in [1.82, 2.24) is 19.9 Å². The van der Waals surface area contributed by atoms with Crippen molar-refractivity contribution in [3.05, 3.63) is 96.6 Å². The molecule has 5 rings (SSSR count). The standard InChI is InChI=1S/C25H17F3N6O/c26-25(27,28)16-5-1-4-15(12-16)24(35)34-18-7-2-6-17(13-18)33-23-19(8-3-10-29-23)21-20-9-11-30-22(20)32-14-31-21/h1-14H,(H,29,33)(H,34,35)(H,30,31,32). The largest absolute Gasteiger partial charge is 0.416 e. The minimum absolute atomic E-state index is 0.0931. The SMILES string of the molecule is O=C(Nc1cccc(Nc2ncccc2-c2ncnc3[nH]ccc23)c1)c1cccc(C(F)(F)F)c1. The summed E-state index contributed by atoms with van der Waals surface area (Å²) in [5, 5.41) is 6.71. The minimum atomic E-state index is -4.53. The Morgan fingerprint density at radius 2 is 1.71 bits per heavy atom. The molecule has 0 bridgehead atoms. The highest BCUT2D eigenvalue weighted by Gasteiger charge is 2.30. The van der Waals surface area contributed by atoms with Crippen molar-refractivity contribution in [2.45, 2.75) is 6.18 Å². The second-order valence-electron chi connectivity index (χ2n) is 7.60. The maximum absolute atomic E-state index is 13.0. The third-order valence-corrected chi connectivity index (χ3v) is 5.25. The maximum Gasteiger partial charge on any atom is 0.416 e. The van der Waals surface area contributed by atoms with E-state index in [2.05, 4.69) is 30.6 Å². The molecular weight excluding hydrogens is 457 g/mol. The summed E-state index contributed by atoms with van der Waals surface area (Å²) in [6.07, 6.45) is 0.356. The van der Waals surface area contributed by atoms with Crippen molar-refractivity contribution >= 4 is 34.1 Å². The normalized spacial score (nSPS) is 11.4. The van der Waals surface area contributed by atoms with Crippen LogP contribution in [-0.2, 0) is 6.18 Å². The molecule has 3 aromatic heterocycles. The van der Waals surface area contributed by atoms with E-state index in [9.17, 15) is 18.0 Å². The molecule has 0 aliphatic rings. The molecule has 7 nitrogen and oxygen atoms in total. The van der Waals surface area contributed by atoms with E-state index in [-0.39, 0.29) is 5.56 Å². The van der Waals surface area contributed by atoms with Gasteiger partial charge in [-0.05, 0) is 54.6 Å². The minimum Gasteiger partial charge on any atom is -0.346 e. The highest BCUT2D eigenvalue weighted by atomic mass is 19.4. The first-order valence-electron chi connectivity index (χ1n) is 10.5. The van der Waals surface area contributed by atoms with Gasteiger partial charge in [0.25, 0.3) is 5.91 Å². The van der Waals surface area contributed by atoms with Gasteiger partial charge >= 0.3 is 6.18 Å². The van der Waals surface area contributed by atoms with Crippen LogP contribution in [0.2, 0.25) is 0 Å². The first-order chi connectivity index (χ1) is 16.9. The number of carbonyl (C=O) groups is 1. The summed E-state index contributed by atoms with van der Waals surface area (Å²) in [6.45, 7) is 0. The number of aromatic amines is 1. The van der Waals surface area contributed by atoms with Crippen LogP contribution in [0.15, 0.2) is 85.5 Å². The predicted octanol–water partition coefficient (Wildman–Crippen LogP) is 6.03. The number of alkyl halides is 3. The van der Waals surface area contributed by atoms with Crippen molar-refractivity contribution in [1.29, 1.82) is 0 Å². The van der Waals surface area contributed by atoms with Gasteiger partial charge in [-0.1, -0.05) is 12.1 Å². The van der Waals surface area contributed by atoms with Crippen LogP contribution < -0.4 is 10.6 Å². The Labute approximate surface area is 197 Å². The highest BCUT2D eigenvalue weighted by Crippen LogP contribution is 2.32. The first kappa shape index (κ1) is 22.1. The van der Waals surface area contributed by atoms with Gasteiger partial charge < -0.3 is 15.6 Å². The van der Waals surface area contributed by atoms with Gasteiger partial charge in [0, 0.05) is 40.3 Å². The number of fused-ring (bicyclic) bond motifs is 1. The lowest BCUT2D eigenvalue weighted by atomic mass is 10.1. The number of rotatable bonds is 5. The number of nitrogens with zero attached hydrogens (tertiary/aromatic N) is 3. The maximum atomic E-state index is 13.0. The lowest BCUT2D eigenvalue weighted by Crippen LogP contribution is -2.14. The number of amides is 1. The number of nitrogens with one attached hydrogen (secondary N) is 3. The fraction of sp³-hybridized carbons (Fsp3) is 0.0400. The molecule has 3 N–H and O–H groups in total. The van der Waals surface area contributed by atoms with Crippen molar-refractivity contribution < 1.29 is 18.0 Å². The van der Waals surface area contributed by atoms with Gasteiger partial charge in [-0.3, -0.25) is 4.79 Å². The van der Waals surface area contributed by atoms with Crippen molar-refractivity contribution in [3.63, 3.8) is 0 Å². The van der Waals surface area contributed by atoms with Crippen LogP contribution in [0, 0.1) is 0 Å². The van der Waals surface area contributed by atoms with E-state index in [1.165, 1.54) is 18.5 Å². The Morgan fingerprint density at radius 1 is 0.886 bits per heavy atom. The van der Waals surface area contributed by atoms with E-state index in [0.29, 0.717) is 28.5 Å². The quantitative estimate of drug-likeness (QED) is 0.289. The summed E-state index contributed by atoms with van der Waals surface area (Å²) < 4.78 is 39.0. The van der Waals surface area contributed by atoms with E-state index < -0.39 is 17.6 Å². The average Bonchev–Trinajstić information content (AvgIpc) is 3.33. The number of halogens is 3. The molecule has 0 atom stereocenters. The summed E-state index contributed by atoms with van der Waals surface area (Å²) in [5.41, 5.74) is 2.19. The zero-order valence-corrected chi connectivity index (χ0v) is 18.0. The Kier molecular flexibility index (Phi) is 5.61. The van der Waals surface area contributed by atoms with Gasteiger partial charge in [-0.25, -0.2) is 15.0 Å². The third kappa shape index (κ3) is 4.67. The Bertz CT molecular complexity index is 1530. The van der Waals surface area contributed by atoms with E-state index >= 15 is 0 Å². The molecule has 1 amide bonds. The molecular formula is C25H17F3N6O. The second kappa shape index (κ2) is 8.90. The first-order valence-corrected chi connectivity index (χ1v) is 10.5. The molecule has 0 saturated carbocycles. The second-order valence-corrected chi connectivity index (χ2v) is 7.60. The number of H-pyrrole nitrogens is 1. The Balaban J connectivity index is 1.40. The van der Waals surface area contributed by atoms with E-state index in [0.717, 1.165) is 23.1 Å². The van der Waals surface area contributed by atoms with Crippen molar-refractivity contribution in [3.8, 4) is 11.3 Å². The fourth-order valence-corrected chi connectivity index (χ4v) is 3.63. The molecule has 0 aliphatic heterocycles. The summed E-state index contributed by atoms with van der Waals surface area (Å²) >= 11 is 0. The van der Waals surface area contributed by atoms with Gasteiger partial charge in [0.05, 0.1) is 11.3 Å². The number of aromatic nitrogens is 4. The lowest BCUT2D eigenvalue weighted by molar-refractivity contribution is -0.137. The van der Waals surface area contributed by atoms with Crippen LogP contribution in [0.3, 0.4) is 0 Å². The molecule has 35 heavy (non-hydrogen) atoms. The van der Waals surface area contributed by atoms with Gasteiger partial charge in [0.2, 0.25) is 0 Å². The third-order valence-electron chi connectivity index (χ3n) is 5.25. The molecule has 0 radical (unpaired) electrons. The molecule has 10 heteroatoms. The van der Waals surface area contributed by atoms with Crippen molar-refractivity contribution in [2.24, 2.45) is 0 Å². The molecule has 0 spiro atoms. The van der Waals surface area contributed by atoms with Gasteiger partial charge in [0.1, 0.15) is 17.8 Å². The van der Waals surface area contributed by atoms with Crippen LogP contribution in [0.25, 0.3) is 22.3 Å². The molecule has 0 fully saturated rings. The molecule has 2 aromatic carbocycles. The van der Waals surface area contributed by atoms with Crippen LogP contribution >= 0.6 is 0 Å². The molecule has 5 aromatic rings. The number of carbonyl (C=O) groups excluding carboxylic acids is 1. The highest BCUT2D eigenvalue weighted by molar-refractivity contribution is 6.04. The lowest BCUT2D eigenvalue weighted by Gasteiger charge is -2.13. The van der Waals surface area contributed by atoms with E-state index in [4.69, 9.17) is 0 Å². The Morgan fingerprint density at radius 3 is 2.57 bits per heavy atom. The monoisotopic (exact) mass is 474 g/mol. The molecule has 0 saturated heterocycles. The molecule has 0 aliphatic carbocycles. The summed E-state index contributed by atoms with van der Waals surface area (Å²) in [6, 6.07) is 16.6. The summed E-state index contributed by atoms with van der Waals surface area (Å²) in [4.78, 5) is 28.7. The van der Waals surface area contributed by atoms with Gasteiger partial charge in [-0.15, -0.1) is 0 Å². The van der Waals surface area contributed by atoms with Gasteiger partial charge in [-0.2, -0.15) is 13.2 Å². The zero-order valence-electron chi connectivity index (χ0n) is 18.0. The van der Waals surface area contributed by atoms with Crippen LogP contribution in [0.1, 0.15) is 15.9 Å². The Hall–Kier alpha value is -4.73. The smallest absolute Gasteiger partial charge is 0.346 e. The molecule has 174 valence electrons. The van der Waals surface area contributed by atoms with E-state index in [1.807, 2.05) is 12.1 Å². The van der Waals surface area contributed by atoms with Crippen LogP contribution in [-0.4, -0.2) is 25.8 Å². The summed E-state index contributed by atoms with van der Waals surface area (Å²) in [7, 11) is 0. The number of pyridine rings is 1. The number of hydrogen-bond donors (Lipinski definition) is 3. The van der Waals surface area contributed by atoms with Crippen molar-refractivity contribution in [2.75, 3.05) is 10.6 Å². The van der Waals surface area contributed by atoms with Gasteiger partial charge in [0.15, 0.2) is 0 Å². The number of anilines is 3. The fourth-order valence-electron chi connectivity index (χ4n) is 3.63. The number of hydrogen-bond acceptors (Lipinski definition) is 5. The summed E-state index contributed by atoms with van der Waals surface area (Å²) in [5.74, 6) is -0.113. The predicted molar refractivity (Wildman–Crippen MR) is 126 cm³/mol. The zero-order chi connectivity index (χ0) is 24.4. The van der Waals surface area contributed by atoms with E-state index in [1.54, 1.807) is 42.7 Å². The van der Waals surface area contributed by atoms with Crippen LogP contribution in [0.4, 0.5) is 30.4 Å².